The molecular formula is C19H16ClN3O4S. The van der Waals surface area contributed by atoms with Crippen molar-refractivity contribution in [3.63, 3.8) is 0 Å². The predicted molar refractivity (Wildman–Crippen MR) is 109 cm³/mol. The van der Waals surface area contributed by atoms with Crippen LogP contribution < -0.4 is 9.64 Å². The lowest BCUT2D eigenvalue weighted by Crippen LogP contribution is -2.22. The Labute approximate surface area is 170 Å². The van der Waals surface area contributed by atoms with Crippen molar-refractivity contribution in [2.24, 2.45) is 0 Å². The highest BCUT2D eigenvalue weighted by molar-refractivity contribution is 7.14. The van der Waals surface area contributed by atoms with Crippen molar-refractivity contribution < 1.29 is 14.5 Å². The van der Waals surface area contributed by atoms with Crippen molar-refractivity contribution in [3.05, 3.63) is 74.2 Å². The molecule has 0 saturated carbocycles. The number of halogens is 1. The molecule has 0 bridgehead atoms. The fourth-order valence-electron chi connectivity index (χ4n) is 2.62. The summed E-state index contributed by atoms with van der Waals surface area (Å²) in [6, 6.07) is 11.6. The first-order valence-corrected chi connectivity index (χ1v) is 9.50. The Hall–Kier alpha value is -2.97. The van der Waals surface area contributed by atoms with Gasteiger partial charge in [0.25, 0.3) is 5.69 Å². The minimum absolute atomic E-state index is 0.000165. The maximum atomic E-state index is 12.1. The zero-order valence-electron chi connectivity index (χ0n) is 15.1. The van der Waals surface area contributed by atoms with Gasteiger partial charge in [0.1, 0.15) is 12.4 Å². The van der Waals surface area contributed by atoms with Crippen LogP contribution in [0.25, 0.3) is 0 Å². The zero-order valence-corrected chi connectivity index (χ0v) is 16.7. The van der Waals surface area contributed by atoms with Crippen molar-refractivity contribution >= 4 is 45.4 Å². The molecule has 0 spiro atoms. The molecule has 0 saturated heterocycles. The number of nitrogens with zero attached hydrogens (tertiary/aromatic N) is 3. The summed E-state index contributed by atoms with van der Waals surface area (Å²) in [4.78, 5) is 28.7. The summed E-state index contributed by atoms with van der Waals surface area (Å²) in [5, 5.41) is 13.8. The van der Waals surface area contributed by atoms with Gasteiger partial charge in [0.05, 0.1) is 21.9 Å². The number of nitro groups is 1. The Morgan fingerprint density at radius 2 is 2.07 bits per heavy atom. The number of amides is 1. The first-order valence-electron chi connectivity index (χ1n) is 8.24. The van der Waals surface area contributed by atoms with Crippen LogP contribution in [0.1, 0.15) is 18.2 Å². The number of benzene rings is 2. The Bertz CT molecular complexity index is 1040. The molecule has 9 heteroatoms. The monoisotopic (exact) mass is 417 g/mol. The molecule has 3 aromatic rings. The molecule has 28 heavy (non-hydrogen) atoms. The van der Waals surface area contributed by atoms with Gasteiger partial charge in [-0.15, -0.1) is 11.3 Å². The van der Waals surface area contributed by atoms with Gasteiger partial charge in [0.15, 0.2) is 5.13 Å². The van der Waals surface area contributed by atoms with E-state index in [9.17, 15) is 14.9 Å². The van der Waals surface area contributed by atoms with E-state index in [1.807, 2.05) is 0 Å². The molecule has 0 atom stereocenters. The molecule has 0 fully saturated rings. The number of hydrogen-bond donors (Lipinski definition) is 0. The van der Waals surface area contributed by atoms with Crippen LogP contribution >= 0.6 is 22.9 Å². The molecule has 1 heterocycles. The van der Waals surface area contributed by atoms with Gasteiger partial charge < -0.3 is 4.74 Å². The van der Waals surface area contributed by atoms with Crippen molar-refractivity contribution in [1.29, 1.82) is 0 Å². The van der Waals surface area contributed by atoms with E-state index < -0.39 is 4.92 Å². The van der Waals surface area contributed by atoms with E-state index in [4.69, 9.17) is 16.3 Å². The largest absolute Gasteiger partial charge is 0.487 e. The number of carbonyl (C=O) groups excluding carboxylic acids is 1. The van der Waals surface area contributed by atoms with Gasteiger partial charge in [-0.3, -0.25) is 19.8 Å². The van der Waals surface area contributed by atoms with Crippen LogP contribution in [-0.4, -0.2) is 15.8 Å². The molecular weight excluding hydrogens is 402 g/mol. The van der Waals surface area contributed by atoms with Crippen molar-refractivity contribution in [3.8, 4) is 5.75 Å². The smallest absolute Gasteiger partial charge is 0.276 e. The summed E-state index contributed by atoms with van der Waals surface area (Å²) < 4.78 is 5.71. The number of ether oxygens (including phenoxy) is 1. The number of aromatic nitrogens is 1. The third kappa shape index (κ3) is 4.29. The second kappa shape index (κ2) is 8.37. The third-order valence-corrected chi connectivity index (χ3v) is 5.05. The third-order valence-electron chi connectivity index (χ3n) is 3.94. The standard InChI is InChI=1S/C19H16ClN3O4S/c1-12-17(23(25)26)7-4-8-18(12)27-10-15-11-28-19(21-15)22(13(2)24)16-6-3-5-14(20)9-16/h3-9,11H,10H2,1-2H3. The van der Waals surface area contributed by atoms with Crippen molar-refractivity contribution in [2.45, 2.75) is 20.5 Å². The molecule has 0 aliphatic heterocycles. The normalized spacial score (nSPS) is 10.5. The van der Waals surface area contributed by atoms with E-state index in [1.165, 1.54) is 29.2 Å². The molecule has 1 aromatic heterocycles. The second-order valence-electron chi connectivity index (χ2n) is 5.90. The van der Waals surface area contributed by atoms with Gasteiger partial charge in [-0.25, -0.2) is 4.98 Å². The van der Waals surface area contributed by atoms with Crippen molar-refractivity contribution in [1.82, 2.24) is 4.98 Å². The maximum Gasteiger partial charge on any atom is 0.276 e. The Kier molecular flexibility index (Phi) is 5.91. The molecule has 2 aromatic carbocycles. The van der Waals surface area contributed by atoms with E-state index in [1.54, 1.807) is 48.7 Å². The summed E-state index contributed by atoms with van der Waals surface area (Å²) >= 11 is 7.33. The highest BCUT2D eigenvalue weighted by Gasteiger charge is 2.19. The number of thiazole rings is 1. The van der Waals surface area contributed by atoms with Gasteiger partial charge in [-0.2, -0.15) is 0 Å². The fraction of sp³-hybridized carbons (Fsp3) is 0.158. The van der Waals surface area contributed by atoms with E-state index in [2.05, 4.69) is 4.98 Å². The fourth-order valence-corrected chi connectivity index (χ4v) is 3.67. The Balaban J connectivity index is 1.79. The van der Waals surface area contributed by atoms with Gasteiger partial charge in [-0.05, 0) is 31.2 Å². The van der Waals surface area contributed by atoms with E-state index >= 15 is 0 Å². The van der Waals surface area contributed by atoms with Crippen LogP contribution in [0.4, 0.5) is 16.5 Å². The number of hydrogen-bond acceptors (Lipinski definition) is 6. The summed E-state index contributed by atoms with van der Waals surface area (Å²) in [6.45, 7) is 3.21. The Morgan fingerprint density at radius 3 is 2.75 bits per heavy atom. The van der Waals surface area contributed by atoms with Crippen LogP contribution in [0.3, 0.4) is 0 Å². The molecule has 1 amide bonds. The molecule has 0 aliphatic rings. The number of anilines is 2. The number of carbonyl (C=O) groups is 1. The summed E-state index contributed by atoms with van der Waals surface area (Å²) in [6.07, 6.45) is 0. The van der Waals surface area contributed by atoms with Gasteiger partial charge in [0.2, 0.25) is 5.91 Å². The van der Waals surface area contributed by atoms with Crippen molar-refractivity contribution in [2.75, 3.05) is 4.90 Å². The summed E-state index contributed by atoms with van der Waals surface area (Å²) in [5.74, 6) is 0.223. The minimum Gasteiger partial charge on any atom is -0.487 e. The van der Waals surface area contributed by atoms with E-state index in [0.29, 0.717) is 32.8 Å². The SMILES string of the molecule is CC(=O)N(c1cccc(Cl)c1)c1nc(COc2cccc([N+](=O)[O-])c2C)cs1. The Morgan fingerprint density at radius 1 is 1.32 bits per heavy atom. The van der Waals surface area contributed by atoms with Crippen LogP contribution in [-0.2, 0) is 11.4 Å². The van der Waals surface area contributed by atoms with Gasteiger partial charge >= 0.3 is 0 Å². The summed E-state index contributed by atoms with van der Waals surface area (Å²) in [7, 11) is 0. The topological polar surface area (TPSA) is 85.6 Å². The highest BCUT2D eigenvalue weighted by Crippen LogP contribution is 2.31. The molecule has 0 aliphatic carbocycles. The van der Waals surface area contributed by atoms with Crippen LogP contribution in [0.2, 0.25) is 5.02 Å². The van der Waals surface area contributed by atoms with Gasteiger partial charge in [0, 0.05) is 23.4 Å². The van der Waals surface area contributed by atoms with E-state index in [-0.39, 0.29) is 18.2 Å². The van der Waals surface area contributed by atoms with Crippen LogP contribution in [0.5, 0.6) is 5.75 Å². The second-order valence-corrected chi connectivity index (χ2v) is 7.17. The molecule has 3 rings (SSSR count). The van der Waals surface area contributed by atoms with Gasteiger partial charge in [-0.1, -0.05) is 23.7 Å². The molecule has 0 N–H and O–H groups in total. The lowest BCUT2D eigenvalue weighted by atomic mass is 10.2. The molecule has 144 valence electrons. The first-order chi connectivity index (χ1) is 13.4. The lowest BCUT2D eigenvalue weighted by molar-refractivity contribution is -0.385. The maximum absolute atomic E-state index is 12.1. The average Bonchev–Trinajstić information content (AvgIpc) is 3.09. The molecule has 0 radical (unpaired) electrons. The summed E-state index contributed by atoms with van der Waals surface area (Å²) in [5.41, 5.74) is 1.68. The number of rotatable bonds is 6. The quantitative estimate of drug-likeness (QED) is 0.402. The lowest BCUT2D eigenvalue weighted by Gasteiger charge is -2.18. The van der Waals surface area contributed by atoms with Crippen LogP contribution in [0.15, 0.2) is 47.8 Å². The highest BCUT2D eigenvalue weighted by atomic mass is 35.5. The van der Waals surface area contributed by atoms with Crippen LogP contribution in [0, 0.1) is 17.0 Å². The minimum atomic E-state index is -0.446. The number of nitro benzene ring substituents is 1. The predicted octanol–water partition coefficient (Wildman–Crippen LogP) is 5.28. The zero-order chi connectivity index (χ0) is 20.3. The molecule has 7 nitrogen and oxygen atoms in total. The molecule has 0 unspecified atom stereocenters. The van der Waals surface area contributed by atoms with E-state index in [0.717, 1.165) is 0 Å². The average molecular weight is 418 g/mol. The first kappa shape index (κ1) is 19.8.